The first-order valence-corrected chi connectivity index (χ1v) is 11.7. The van der Waals surface area contributed by atoms with Crippen molar-refractivity contribution >= 4 is 11.8 Å². The topological polar surface area (TPSA) is 67.9 Å². The summed E-state index contributed by atoms with van der Waals surface area (Å²) in [6.07, 6.45) is -0.543. The second-order valence-electron chi connectivity index (χ2n) is 9.32. The van der Waals surface area contributed by atoms with Crippen molar-refractivity contribution in [3.8, 4) is 5.75 Å². The van der Waals surface area contributed by atoms with E-state index in [0.29, 0.717) is 31.1 Å². The minimum absolute atomic E-state index is 0.00797. The lowest BCUT2D eigenvalue weighted by atomic mass is 10.0. The molecule has 0 spiro atoms. The van der Waals surface area contributed by atoms with Gasteiger partial charge < -0.3 is 19.7 Å². The quantitative estimate of drug-likeness (QED) is 0.674. The zero-order valence-electron chi connectivity index (χ0n) is 20.6. The Balaban J connectivity index is 1.54. The highest BCUT2D eigenvalue weighted by Crippen LogP contribution is 2.25. The molecule has 0 aliphatic carbocycles. The number of benzene rings is 2. The van der Waals surface area contributed by atoms with E-state index in [1.54, 1.807) is 6.92 Å². The fourth-order valence-corrected chi connectivity index (χ4v) is 3.97. The van der Waals surface area contributed by atoms with Gasteiger partial charge in [-0.15, -0.1) is 0 Å². The summed E-state index contributed by atoms with van der Waals surface area (Å²) in [5, 5.41) is 2.92. The fraction of sp³-hybridized carbons (Fsp3) is 0.481. The van der Waals surface area contributed by atoms with Crippen LogP contribution in [0.2, 0.25) is 0 Å². The molecule has 1 heterocycles. The molecule has 1 fully saturated rings. The summed E-state index contributed by atoms with van der Waals surface area (Å²) in [5.74, 6) is 0.954. The first-order valence-electron chi connectivity index (χ1n) is 11.7. The molecule has 1 N–H and O–H groups in total. The molecule has 0 aromatic heterocycles. The van der Waals surface area contributed by atoms with Gasteiger partial charge in [0.2, 0.25) is 0 Å². The Hall–Kier alpha value is -2.86. The summed E-state index contributed by atoms with van der Waals surface area (Å²) in [4.78, 5) is 27.2. The first kappa shape index (κ1) is 24.8. The van der Waals surface area contributed by atoms with Crippen molar-refractivity contribution < 1.29 is 19.1 Å². The fourth-order valence-electron chi connectivity index (χ4n) is 3.97. The molecule has 6 heteroatoms. The van der Waals surface area contributed by atoms with Gasteiger partial charge in [-0.1, -0.05) is 38.1 Å². The van der Waals surface area contributed by atoms with Crippen LogP contribution in [0.4, 0.5) is 0 Å². The largest absolute Gasteiger partial charge is 0.481 e. The van der Waals surface area contributed by atoms with Gasteiger partial charge in [-0.3, -0.25) is 9.59 Å². The van der Waals surface area contributed by atoms with Gasteiger partial charge >= 0.3 is 0 Å². The molecule has 33 heavy (non-hydrogen) atoms. The van der Waals surface area contributed by atoms with Crippen molar-refractivity contribution in [1.29, 1.82) is 0 Å². The van der Waals surface area contributed by atoms with E-state index in [2.05, 4.69) is 25.2 Å². The lowest BCUT2D eigenvalue weighted by Crippen LogP contribution is -2.48. The standard InChI is InChI=1S/C27H36N2O4/c1-17(2)24-10-7-18(3)25(13-24)33-21(6)26(30)28-14-22-8-11-23(12-9-22)27(31)29-15-19(4)32-20(5)16-29/h7-13,17,19-21H,14-16H2,1-6H3,(H,28,30). The van der Waals surface area contributed by atoms with Crippen molar-refractivity contribution in [2.45, 2.75) is 72.3 Å². The highest BCUT2D eigenvalue weighted by Gasteiger charge is 2.26. The monoisotopic (exact) mass is 452 g/mol. The maximum absolute atomic E-state index is 12.8. The van der Waals surface area contributed by atoms with Crippen molar-refractivity contribution in [3.63, 3.8) is 0 Å². The average molecular weight is 453 g/mol. The zero-order chi connectivity index (χ0) is 24.1. The first-order chi connectivity index (χ1) is 15.6. The average Bonchev–Trinajstić information content (AvgIpc) is 2.77. The number of hydrogen-bond donors (Lipinski definition) is 1. The van der Waals surface area contributed by atoms with E-state index in [9.17, 15) is 9.59 Å². The van der Waals surface area contributed by atoms with E-state index in [1.807, 2.05) is 62.1 Å². The smallest absolute Gasteiger partial charge is 0.261 e. The van der Waals surface area contributed by atoms with Gasteiger partial charge in [-0.05, 0) is 68.5 Å². The molecule has 6 nitrogen and oxygen atoms in total. The van der Waals surface area contributed by atoms with Crippen LogP contribution in [0, 0.1) is 6.92 Å². The highest BCUT2D eigenvalue weighted by atomic mass is 16.5. The van der Waals surface area contributed by atoms with Gasteiger partial charge in [0, 0.05) is 25.2 Å². The molecule has 3 atom stereocenters. The molecule has 1 aliphatic heterocycles. The molecule has 0 radical (unpaired) electrons. The summed E-state index contributed by atoms with van der Waals surface area (Å²) < 4.78 is 11.7. The van der Waals surface area contributed by atoms with Crippen LogP contribution in [0.1, 0.15) is 67.6 Å². The molecule has 0 saturated carbocycles. The van der Waals surface area contributed by atoms with E-state index in [0.717, 1.165) is 16.9 Å². The normalized spacial score (nSPS) is 19.3. The Bertz CT molecular complexity index is 961. The van der Waals surface area contributed by atoms with Crippen LogP contribution in [0.3, 0.4) is 0 Å². The number of rotatable bonds is 7. The Morgan fingerprint density at radius 1 is 1.06 bits per heavy atom. The van der Waals surface area contributed by atoms with Crippen LogP contribution in [-0.4, -0.2) is 48.1 Å². The van der Waals surface area contributed by atoms with Crippen LogP contribution in [0.5, 0.6) is 5.75 Å². The molecular weight excluding hydrogens is 416 g/mol. The van der Waals surface area contributed by atoms with Crippen LogP contribution < -0.4 is 10.1 Å². The Kier molecular flexibility index (Phi) is 8.14. The number of aryl methyl sites for hydroxylation is 1. The molecule has 0 bridgehead atoms. The number of amides is 2. The summed E-state index contributed by atoms with van der Waals surface area (Å²) >= 11 is 0. The number of nitrogens with one attached hydrogen (secondary N) is 1. The molecule has 2 aromatic rings. The minimum atomic E-state index is -0.614. The van der Waals surface area contributed by atoms with E-state index in [-0.39, 0.29) is 24.0 Å². The van der Waals surface area contributed by atoms with Gasteiger partial charge in [0.25, 0.3) is 11.8 Å². The second kappa shape index (κ2) is 10.8. The SMILES string of the molecule is Cc1ccc(C(C)C)cc1OC(C)C(=O)NCc1ccc(C(=O)N2CC(C)OC(C)C2)cc1. The molecule has 178 valence electrons. The van der Waals surface area contributed by atoms with Gasteiger partial charge in [0.05, 0.1) is 12.2 Å². The third-order valence-electron chi connectivity index (χ3n) is 5.93. The molecule has 1 saturated heterocycles. The molecule has 2 aromatic carbocycles. The van der Waals surface area contributed by atoms with Gasteiger partial charge in [0.15, 0.2) is 6.10 Å². The van der Waals surface area contributed by atoms with Gasteiger partial charge in [-0.25, -0.2) is 0 Å². The maximum Gasteiger partial charge on any atom is 0.261 e. The van der Waals surface area contributed by atoms with Crippen LogP contribution >= 0.6 is 0 Å². The van der Waals surface area contributed by atoms with Crippen LogP contribution in [-0.2, 0) is 16.1 Å². The van der Waals surface area contributed by atoms with E-state index in [4.69, 9.17) is 9.47 Å². The summed E-state index contributed by atoms with van der Waals surface area (Å²) in [7, 11) is 0. The van der Waals surface area contributed by atoms with E-state index >= 15 is 0 Å². The number of nitrogens with zero attached hydrogens (tertiary/aromatic N) is 1. The predicted molar refractivity (Wildman–Crippen MR) is 130 cm³/mol. The molecule has 1 aliphatic rings. The summed E-state index contributed by atoms with van der Waals surface area (Å²) in [6.45, 7) is 13.5. The Morgan fingerprint density at radius 2 is 1.70 bits per heavy atom. The Labute approximate surface area is 197 Å². The maximum atomic E-state index is 12.8. The Morgan fingerprint density at radius 3 is 2.30 bits per heavy atom. The van der Waals surface area contributed by atoms with Crippen molar-refractivity contribution in [2.24, 2.45) is 0 Å². The van der Waals surface area contributed by atoms with Crippen LogP contribution in [0.15, 0.2) is 42.5 Å². The van der Waals surface area contributed by atoms with E-state index in [1.165, 1.54) is 5.56 Å². The summed E-state index contributed by atoms with van der Waals surface area (Å²) in [5.41, 5.74) is 3.75. The minimum Gasteiger partial charge on any atom is -0.481 e. The third-order valence-corrected chi connectivity index (χ3v) is 5.93. The number of ether oxygens (including phenoxy) is 2. The third kappa shape index (κ3) is 6.57. The lowest BCUT2D eigenvalue weighted by molar-refractivity contribution is -0.127. The molecule has 3 rings (SSSR count). The zero-order valence-corrected chi connectivity index (χ0v) is 20.6. The van der Waals surface area contributed by atoms with Crippen molar-refractivity contribution in [3.05, 3.63) is 64.7 Å². The second-order valence-corrected chi connectivity index (χ2v) is 9.32. The number of morpholine rings is 1. The van der Waals surface area contributed by atoms with Gasteiger partial charge in [0.1, 0.15) is 5.75 Å². The number of carbonyl (C=O) groups excluding carboxylic acids is 2. The van der Waals surface area contributed by atoms with Crippen molar-refractivity contribution in [2.75, 3.05) is 13.1 Å². The molecule has 2 amide bonds. The number of hydrogen-bond acceptors (Lipinski definition) is 4. The lowest BCUT2D eigenvalue weighted by Gasteiger charge is -2.35. The van der Waals surface area contributed by atoms with Crippen molar-refractivity contribution in [1.82, 2.24) is 10.2 Å². The van der Waals surface area contributed by atoms with Crippen LogP contribution in [0.25, 0.3) is 0 Å². The highest BCUT2D eigenvalue weighted by molar-refractivity contribution is 5.94. The van der Waals surface area contributed by atoms with Gasteiger partial charge in [-0.2, -0.15) is 0 Å². The predicted octanol–water partition coefficient (Wildman–Crippen LogP) is 4.45. The summed E-state index contributed by atoms with van der Waals surface area (Å²) in [6, 6.07) is 13.5. The molecule has 3 unspecified atom stereocenters. The van der Waals surface area contributed by atoms with E-state index < -0.39 is 6.10 Å². The molecular formula is C27H36N2O4. The number of carbonyl (C=O) groups is 2.